The van der Waals surface area contributed by atoms with Crippen molar-refractivity contribution in [2.75, 3.05) is 11.9 Å². The summed E-state index contributed by atoms with van der Waals surface area (Å²) in [6.45, 7) is 0.728. The zero-order valence-corrected chi connectivity index (χ0v) is 10.8. The minimum atomic E-state index is -0.376. The van der Waals surface area contributed by atoms with Crippen LogP contribution in [-0.4, -0.2) is 6.54 Å². The predicted octanol–water partition coefficient (Wildman–Crippen LogP) is 4.52. The molecule has 0 saturated heterocycles. The number of aryl methyl sites for hydroxylation is 1. The second-order valence-electron chi connectivity index (χ2n) is 4.12. The highest BCUT2D eigenvalue weighted by molar-refractivity contribution is 6.31. The summed E-state index contributed by atoms with van der Waals surface area (Å²) in [4.78, 5) is 0. The van der Waals surface area contributed by atoms with Gasteiger partial charge in [0.15, 0.2) is 5.82 Å². The smallest absolute Gasteiger partial charge is 0.164 e. The lowest BCUT2D eigenvalue weighted by Crippen LogP contribution is -2.04. The summed E-state index contributed by atoms with van der Waals surface area (Å²) in [7, 11) is 0. The number of rotatable bonds is 5. The third-order valence-corrected chi connectivity index (χ3v) is 3.04. The third-order valence-electron chi connectivity index (χ3n) is 2.75. The Labute approximate surface area is 112 Å². The molecule has 0 bridgehead atoms. The molecule has 0 fully saturated rings. The van der Waals surface area contributed by atoms with E-state index >= 15 is 0 Å². The highest BCUT2D eigenvalue weighted by atomic mass is 35.5. The van der Waals surface area contributed by atoms with Crippen LogP contribution in [0.15, 0.2) is 48.5 Å². The minimum Gasteiger partial charge on any atom is -0.383 e. The first-order valence-electron chi connectivity index (χ1n) is 5.99. The number of anilines is 1. The van der Waals surface area contributed by atoms with Gasteiger partial charge in [0, 0.05) is 6.54 Å². The van der Waals surface area contributed by atoms with E-state index in [1.54, 1.807) is 18.2 Å². The zero-order chi connectivity index (χ0) is 12.8. The van der Waals surface area contributed by atoms with E-state index in [9.17, 15) is 4.39 Å². The molecule has 1 N–H and O–H groups in total. The van der Waals surface area contributed by atoms with E-state index in [1.807, 2.05) is 18.2 Å². The number of benzene rings is 2. The maximum absolute atomic E-state index is 13.6. The average molecular weight is 264 g/mol. The molecule has 0 spiro atoms. The molecule has 0 atom stereocenters. The average Bonchev–Trinajstić information content (AvgIpc) is 2.40. The summed E-state index contributed by atoms with van der Waals surface area (Å²) in [5.41, 5.74) is 1.77. The molecule has 0 aliphatic carbocycles. The SMILES string of the molecule is Fc1c(Cl)cccc1NCCCc1ccccc1. The Morgan fingerprint density at radius 3 is 2.56 bits per heavy atom. The van der Waals surface area contributed by atoms with Crippen LogP contribution < -0.4 is 5.32 Å². The van der Waals surface area contributed by atoms with Gasteiger partial charge in [-0.25, -0.2) is 4.39 Å². The van der Waals surface area contributed by atoms with Gasteiger partial charge < -0.3 is 5.32 Å². The molecule has 3 heteroatoms. The van der Waals surface area contributed by atoms with Gasteiger partial charge in [0.2, 0.25) is 0 Å². The standard InChI is InChI=1S/C15H15ClFN/c16-13-9-4-10-14(15(13)17)18-11-5-8-12-6-2-1-3-7-12/h1-4,6-7,9-10,18H,5,8,11H2. The van der Waals surface area contributed by atoms with Crippen molar-refractivity contribution in [1.29, 1.82) is 0 Å². The Balaban J connectivity index is 1.81. The molecule has 0 saturated carbocycles. The molecule has 0 radical (unpaired) electrons. The molecule has 1 nitrogen and oxygen atoms in total. The van der Waals surface area contributed by atoms with Crippen LogP contribution in [-0.2, 0) is 6.42 Å². The molecule has 0 heterocycles. The fraction of sp³-hybridized carbons (Fsp3) is 0.200. The van der Waals surface area contributed by atoms with Crippen molar-refractivity contribution in [3.05, 3.63) is 64.9 Å². The van der Waals surface area contributed by atoms with Crippen molar-refractivity contribution in [2.24, 2.45) is 0 Å². The van der Waals surface area contributed by atoms with Crippen LogP contribution in [0.4, 0.5) is 10.1 Å². The van der Waals surface area contributed by atoms with Crippen molar-refractivity contribution < 1.29 is 4.39 Å². The second-order valence-corrected chi connectivity index (χ2v) is 4.52. The van der Waals surface area contributed by atoms with Crippen molar-refractivity contribution >= 4 is 17.3 Å². The van der Waals surface area contributed by atoms with Crippen LogP contribution in [0.1, 0.15) is 12.0 Å². The van der Waals surface area contributed by atoms with E-state index in [2.05, 4.69) is 17.4 Å². The van der Waals surface area contributed by atoms with E-state index in [-0.39, 0.29) is 10.8 Å². The van der Waals surface area contributed by atoms with Gasteiger partial charge in [0.05, 0.1) is 10.7 Å². The van der Waals surface area contributed by atoms with Gasteiger partial charge in [-0.1, -0.05) is 48.0 Å². The fourth-order valence-corrected chi connectivity index (χ4v) is 1.98. The zero-order valence-electron chi connectivity index (χ0n) is 10.00. The first-order valence-corrected chi connectivity index (χ1v) is 6.37. The molecule has 2 aromatic rings. The topological polar surface area (TPSA) is 12.0 Å². The summed E-state index contributed by atoms with van der Waals surface area (Å²) >= 11 is 5.71. The fourth-order valence-electron chi connectivity index (χ4n) is 1.80. The van der Waals surface area contributed by atoms with Crippen LogP contribution in [0.3, 0.4) is 0 Å². The number of hydrogen-bond donors (Lipinski definition) is 1. The summed E-state index contributed by atoms with van der Waals surface area (Å²) < 4.78 is 13.6. The molecular formula is C15H15ClFN. The van der Waals surface area contributed by atoms with Crippen molar-refractivity contribution in [3.63, 3.8) is 0 Å². The van der Waals surface area contributed by atoms with Crippen LogP contribution >= 0.6 is 11.6 Å². The lowest BCUT2D eigenvalue weighted by molar-refractivity contribution is 0.630. The number of nitrogens with one attached hydrogen (secondary N) is 1. The van der Waals surface area contributed by atoms with E-state index in [0.29, 0.717) is 5.69 Å². The van der Waals surface area contributed by atoms with E-state index in [1.165, 1.54) is 5.56 Å². The van der Waals surface area contributed by atoms with Gasteiger partial charge >= 0.3 is 0 Å². The van der Waals surface area contributed by atoms with Crippen LogP contribution in [0.2, 0.25) is 5.02 Å². The second kappa shape index (κ2) is 6.41. The highest BCUT2D eigenvalue weighted by Crippen LogP contribution is 2.21. The molecule has 18 heavy (non-hydrogen) atoms. The normalized spacial score (nSPS) is 10.3. The molecule has 0 aromatic heterocycles. The van der Waals surface area contributed by atoms with Gasteiger partial charge in [0.1, 0.15) is 0 Å². The minimum absolute atomic E-state index is 0.156. The Hall–Kier alpha value is -1.54. The Bertz CT molecular complexity index is 499. The number of hydrogen-bond acceptors (Lipinski definition) is 1. The summed E-state index contributed by atoms with van der Waals surface area (Å²) in [6, 6.07) is 15.2. The van der Waals surface area contributed by atoms with Gasteiger partial charge in [0.25, 0.3) is 0 Å². The van der Waals surface area contributed by atoms with Crippen LogP contribution in [0.25, 0.3) is 0 Å². The quantitative estimate of drug-likeness (QED) is 0.782. The van der Waals surface area contributed by atoms with Crippen LogP contribution in [0.5, 0.6) is 0 Å². The molecule has 0 aliphatic heterocycles. The molecule has 2 rings (SSSR count). The maximum atomic E-state index is 13.6. The molecule has 0 aliphatic rings. The molecule has 94 valence electrons. The Morgan fingerprint density at radius 1 is 1.00 bits per heavy atom. The molecule has 0 amide bonds. The van der Waals surface area contributed by atoms with Crippen molar-refractivity contribution in [2.45, 2.75) is 12.8 Å². The van der Waals surface area contributed by atoms with Crippen LogP contribution in [0, 0.1) is 5.82 Å². The Morgan fingerprint density at radius 2 is 1.78 bits per heavy atom. The van der Waals surface area contributed by atoms with Crippen molar-refractivity contribution in [1.82, 2.24) is 0 Å². The highest BCUT2D eigenvalue weighted by Gasteiger charge is 2.04. The van der Waals surface area contributed by atoms with Gasteiger partial charge in [-0.3, -0.25) is 0 Å². The maximum Gasteiger partial charge on any atom is 0.164 e. The van der Waals surface area contributed by atoms with E-state index in [4.69, 9.17) is 11.6 Å². The summed E-state index contributed by atoms with van der Waals surface area (Å²) in [5, 5.41) is 3.22. The van der Waals surface area contributed by atoms with Gasteiger partial charge in [-0.05, 0) is 30.5 Å². The first-order chi connectivity index (χ1) is 8.77. The summed E-state index contributed by atoms with van der Waals surface area (Å²) in [6.07, 6.45) is 1.94. The largest absolute Gasteiger partial charge is 0.383 e. The lowest BCUT2D eigenvalue weighted by atomic mass is 10.1. The third kappa shape index (κ3) is 3.47. The molecular weight excluding hydrogens is 249 g/mol. The van der Waals surface area contributed by atoms with E-state index < -0.39 is 0 Å². The van der Waals surface area contributed by atoms with Crippen molar-refractivity contribution in [3.8, 4) is 0 Å². The Kier molecular flexibility index (Phi) is 4.59. The molecule has 0 unspecified atom stereocenters. The van der Waals surface area contributed by atoms with E-state index in [0.717, 1.165) is 19.4 Å². The monoisotopic (exact) mass is 263 g/mol. The first kappa shape index (κ1) is 12.9. The predicted molar refractivity (Wildman–Crippen MR) is 74.7 cm³/mol. The van der Waals surface area contributed by atoms with Gasteiger partial charge in [-0.15, -0.1) is 0 Å². The number of halogens is 2. The molecule has 2 aromatic carbocycles. The lowest BCUT2D eigenvalue weighted by Gasteiger charge is -2.08. The van der Waals surface area contributed by atoms with Gasteiger partial charge in [-0.2, -0.15) is 0 Å². The summed E-state index contributed by atoms with van der Waals surface area (Å²) in [5.74, 6) is -0.376.